The summed E-state index contributed by atoms with van der Waals surface area (Å²) in [6.07, 6.45) is 1.74. The molecule has 1 N–H and O–H groups in total. The molecule has 1 aliphatic heterocycles. The van der Waals surface area contributed by atoms with Crippen LogP contribution in [0, 0.1) is 0 Å². The fourth-order valence-corrected chi connectivity index (χ4v) is 4.09. The number of hydrogen-bond acceptors (Lipinski definition) is 5. The molecule has 1 atom stereocenters. The number of thioether (sulfide) groups is 2. The van der Waals surface area contributed by atoms with Crippen molar-refractivity contribution < 1.29 is 4.74 Å². The van der Waals surface area contributed by atoms with E-state index < -0.39 is 0 Å². The van der Waals surface area contributed by atoms with Crippen molar-refractivity contribution in [3.63, 3.8) is 0 Å². The molecule has 0 bridgehead atoms. The second kappa shape index (κ2) is 6.25. The molecule has 88 valence electrons. The summed E-state index contributed by atoms with van der Waals surface area (Å²) in [6, 6.07) is 3.89. The molecule has 1 aromatic heterocycles. The molecule has 1 unspecified atom stereocenters. The molecule has 0 amide bonds. The lowest BCUT2D eigenvalue weighted by atomic mass is 10.4. The van der Waals surface area contributed by atoms with Crippen LogP contribution in [0.4, 0.5) is 5.82 Å². The highest BCUT2D eigenvalue weighted by Crippen LogP contribution is 2.24. The molecule has 1 fully saturated rings. The van der Waals surface area contributed by atoms with Crippen molar-refractivity contribution in [1.82, 2.24) is 4.98 Å². The third-order valence-electron chi connectivity index (χ3n) is 2.37. The van der Waals surface area contributed by atoms with E-state index in [-0.39, 0.29) is 0 Å². The minimum Gasteiger partial charge on any atom is -0.495 e. The SMILES string of the molecule is COc1ccc(NCC2CSCCS2)nc1. The number of nitrogens with one attached hydrogen (secondary N) is 1. The van der Waals surface area contributed by atoms with E-state index in [4.69, 9.17) is 4.74 Å². The smallest absolute Gasteiger partial charge is 0.137 e. The molecule has 0 saturated carbocycles. The Balaban J connectivity index is 1.79. The van der Waals surface area contributed by atoms with Gasteiger partial charge in [0.05, 0.1) is 13.3 Å². The van der Waals surface area contributed by atoms with E-state index >= 15 is 0 Å². The number of methoxy groups -OCH3 is 1. The van der Waals surface area contributed by atoms with Crippen molar-refractivity contribution in [2.45, 2.75) is 5.25 Å². The summed E-state index contributed by atoms with van der Waals surface area (Å²) in [6.45, 7) is 0.997. The van der Waals surface area contributed by atoms with E-state index in [0.717, 1.165) is 18.1 Å². The van der Waals surface area contributed by atoms with Gasteiger partial charge in [-0.3, -0.25) is 0 Å². The zero-order valence-corrected chi connectivity index (χ0v) is 10.9. The van der Waals surface area contributed by atoms with Gasteiger partial charge in [0.15, 0.2) is 0 Å². The topological polar surface area (TPSA) is 34.1 Å². The van der Waals surface area contributed by atoms with Crippen LogP contribution >= 0.6 is 23.5 Å². The molecular weight excluding hydrogens is 240 g/mol. The van der Waals surface area contributed by atoms with Crippen LogP contribution in [-0.2, 0) is 0 Å². The number of nitrogens with zero attached hydrogens (tertiary/aromatic N) is 1. The van der Waals surface area contributed by atoms with E-state index in [9.17, 15) is 0 Å². The minimum absolute atomic E-state index is 0.711. The Labute approximate surface area is 105 Å². The Morgan fingerprint density at radius 2 is 2.44 bits per heavy atom. The van der Waals surface area contributed by atoms with Gasteiger partial charge in [0.1, 0.15) is 11.6 Å². The summed E-state index contributed by atoms with van der Waals surface area (Å²) in [4.78, 5) is 4.28. The lowest BCUT2D eigenvalue weighted by molar-refractivity contribution is 0.413. The average Bonchev–Trinajstić information content (AvgIpc) is 2.38. The zero-order chi connectivity index (χ0) is 11.2. The molecule has 3 nitrogen and oxygen atoms in total. The number of anilines is 1. The molecule has 1 saturated heterocycles. The van der Waals surface area contributed by atoms with Gasteiger partial charge in [-0.05, 0) is 12.1 Å². The van der Waals surface area contributed by atoms with E-state index in [2.05, 4.69) is 22.1 Å². The third-order valence-corrected chi connectivity index (χ3v) is 5.21. The Bertz CT molecular complexity index is 312. The Hall–Kier alpha value is -0.550. The zero-order valence-electron chi connectivity index (χ0n) is 9.31. The molecule has 2 heterocycles. The Morgan fingerprint density at radius 3 is 3.06 bits per heavy atom. The first-order chi connectivity index (χ1) is 7.88. The van der Waals surface area contributed by atoms with Crippen LogP contribution in [0.1, 0.15) is 0 Å². The summed E-state index contributed by atoms with van der Waals surface area (Å²) >= 11 is 4.10. The van der Waals surface area contributed by atoms with Crippen molar-refractivity contribution in [3.8, 4) is 5.75 Å². The van der Waals surface area contributed by atoms with E-state index in [1.165, 1.54) is 17.3 Å². The van der Waals surface area contributed by atoms with Crippen LogP contribution in [-0.4, -0.2) is 41.1 Å². The maximum Gasteiger partial charge on any atom is 0.137 e. The van der Waals surface area contributed by atoms with Crippen molar-refractivity contribution in [2.75, 3.05) is 36.2 Å². The van der Waals surface area contributed by atoms with Crippen LogP contribution in [0.25, 0.3) is 0 Å². The summed E-state index contributed by atoms with van der Waals surface area (Å²) in [5.74, 6) is 5.54. The fraction of sp³-hybridized carbons (Fsp3) is 0.545. The number of pyridine rings is 1. The number of aromatic nitrogens is 1. The van der Waals surface area contributed by atoms with Crippen molar-refractivity contribution in [2.24, 2.45) is 0 Å². The van der Waals surface area contributed by atoms with Crippen LogP contribution in [0.5, 0.6) is 5.75 Å². The summed E-state index contributed by atoms with van der Waals surface area (Å²) in [7, 11) is 1.65. The molecule has 16 heavy (non-hydrogen) atoms. The van der Waals surface area contributed by atoms with Gasteiger partial charge in [-0.1, -0.05) is 0 Å². The van der Waals surface area contributed by atoms with Crippen molar-refractivity contribution in [1.29, 1.82) is 0 Å². The van der Waals surface area contributed by atoms with Crippen molar-refractivity contribution in [3.05, 3.63) is 18.3 Å². The van der Waals surface area contributed by atoms with E-state index in [1.807, 2.05) is 23.9 Å². The third kappa shape index (κ3) is 3.49. The predicted octanol–water partition coefficient (Wildman–Crippen LogP) is 2.35. The lowest BCUT2D eigenvalue weighted by Crippen LogP contribution is -2.23. The Kier molecular flexibility index (Phi) is 4.66. The first-order valence-corrected chi connectivity index (χ1v) is 7.52. The molecule has 0 aromatic carbocycles. The summed E-state index contributed by atoms with van der Waals surface area (Å²) < 4.78 is 5.07. The standard InChI is InChI=1S/C11H16N2OS2/c1-14-9-2-3-11(12-6-9)13-7-10-8-15-4-5-16-10/h2-3,6,10H,4-5,7-8H2,1H3,(H,12,13). The lowest BCUT2D eigenvalue weighted by Gasteiger charge is -2.21. The quantitative estimate of drug-likeness (QED) is 0.894. The molecule has 5 heteroatoms. The maximum absolute atomic E-state index is 5.07. The maximum atomic E-state index is 5.07. The van der Waals surface area contributed by atoms with E-state index in [1.54, 1.807) is 13.3 Å². The van der Waals surface area contributed by atoms with Crippen LogP contribution in [0.2, 0.25) is 0 Å². The molecule has 2 rings (SSSR count). The molecule has 1 aliphatic rings. The minimum atomic E-state index is 0.711. The number of ether oxygens (including phenoxy) is 1. The predicted molar refractivity (Wildman–Crippen MR) is 72.8 cm³/mol. The van der Waals surface area contributed by atoms with Gasteiger partial charge in [0.25, 0.3) is 0 Å². The molecule has 0 radical (unpaired) electrons. The molecular formula is C11H16N2OS2. The van der Waals surface area contributed by atoms with E-state index in [0.29, 0.717) is 5.25 Å². The second-order valence-corrected chi connectivity index (χ2v) is 6.09. The molecule has 1 aromatic rings. The second-order valence-electron chi connectivity index (χ2n) is 3.53. The van der Waals surface area contributed by atoms with Crippen LogP contribution < -0.4 is 10.1 Å². The van der Waals surface area contributed by atoms with Gasteiger partial charge in [-0.15, -0.1) is 0 Å². The van der Waals surface area contributed by atoms with Gasteiger partial charge in [0.2, 0.25) is 0 Å². The number of rotatable bonds is 4. The van der Waals surface area contributed by atoms with Crippen LogP contribution in [0.15, 0.2) is 18.3 Å². The molecule has 0 aliphatic carbocycles. The van der Waals surface area contributed by atoms with Gasteiger partial charge >= 0.3 is 0 Å². The monoisotopic (exact) mass is 256 g/mol. The van der Waals surface area contributed by atoms with Gasteiger partial charge in [-0.2, -0.15) is 23.5 Å². The average molecular weight is 256 g/mol. The normalized spacial score (nSPS) is 20.4. The van der Waals surface area contributed by atoms with Crippen molar-refractivity contribution >= 4 is 29.3 Å². The molecule has 0 spiro atoms. The number of hydrogen-bond donors (Lipinski definition) is 1. The highest BCUT2D eigenvalue weighted by atomic mass is 32.2. The summed E-state index contributed by atoms with van der Waals surface area (Å²) in [5.41, 5.74) is 0. The first-order valence-electron chi connectivity index (χ1n) is 5.32. The highest BCUT2D eigenvalue weighted by molar-refractivity contribution is 8.06. The summed E-state index contributed by atoms with van der Waals surface area (Å²) in [5, 5.41) is 4.08. The van der Waals surface area contributed by atoms with Gasteiger partial charge < -0.3 is 10.1 Å². The van der Waals surface area contributed by atoms with Gasteiger partial charge in [0, 0.05) is 29.1 Å². The van der Waals surface area contributed by atoms with Gasteiger partial charge in [-0.25, -0.2) is 4.98 Å². The largest absolute Gasteiger partial charge is 0.495 e. The fourth-order valence-electron chi connectivity index (χ4n) is 1.48. The Morgan fingerprint density at radius 1 is 1.50 bits per heavy atom. The van der Waals surface area contributed by atoms with Crippen LogP contribution in [0.3, 0.4) is 0 Å². The highest BCUT2D eigenvalue weighted by Gasteiger charge is 2.13. The first kappa shape index (κ1) is 11.9.